The number of carbonyl (C=O) groups is 4. The summed E-state index contributed by atoms with van der Waals surface area (Å²) in [7, 11) is 9.06. The van der Waals surface area contributed by atoms with Crippen LogP contribution in [-0.2, 0) is 144 Å². The van der Waals surface area contributed by atoms with Crippen LogP contribution in [-0.4, -0.2) is 120 Å². The number of rotatable bonds is 0. The first kappa shape index (κ1) is 156. The second-order valence-electron chi connectivity index (χ2n) is 16.2. The van der Waals surface area contributed by atoms with Gasteiger partial charge in [-0.1, -0.05) is 129 Å². The summed E-state index contributed by atoms with van der Waals surface area (Å²) in [5.74, 6) is -2.77. The monoisotopic (exact) mass is 2160 g/mol. The van der Waals surface area contributed by atoms with E-state index in [4.69, 9.17) is 116 Å². The van der Waals surface area contributed by atoms with Gasteiger partial charge in [0.15, 0.2) is 0 Å². The van der Waals surface area contributed by atoms with Gasteiger partial charge in [-0.3, -0.25) is 0 Å². The van der Waals surface area contributed by atoms with Crippen molar-refractivity contribution in [1.82, 2.24) is 0 Å². The molecule has 0 aromatic carbocycles. The average molecular weight is 2170 g/mol. The van der Waals surface area contributed by atoms with Gasteiger partial charge in [-0.15, -0.1) is 10.1 Å². The van der Waals surface area contributed by atoms with Crippen molar-refractivity contribution in [1.29, 1.82) is 0 Å². The van der Waals surface area contributed by atoms with Gasteiger partial charge in [0, 0.05) is 22.4 Å². The summed E-state index contributed by atoms with van der Waals surface area (Å²) >= 11 is 4.03. The second kappa shape index (κ2) is 94.7. The summed E-state index contributed by atoms with van der Waals surface area (Å²) in [6.45, 7) is 17.5. The largest absolute Gasteiger partial charge is 2.00 e. The van der Waals surface area contributed by atoms with Gasteiger partial charge in [-0.2, -0.15) is 48.3 Å². The number of nitrogens with one attached hydrogen (secondary N) is 8. The van der Waals surface area contributed by atoms with Gasteiger partial charge in [0.1, 0.15) is 0 Å². The fourth-order valence-corrected chi connectivity index (χ4v) is 6.38. The van der Waals surface area contributed by atoms with Crippen LogP contribution in [0.3, 0.4) is 0 Å². The molecule has 28 nitrogen and oxygen atoms in total. The molecule has 4 aliphatic rings. The smallest absolute Gasteiger partial charge is 1.00 e. The number of hydrogen-bond donors (Lipinski definition) is 3. The van der Waals surface area contributed by atoms with E-state index >= 15 is 0 Å². The zero-order valence-electron chi connectivity index (χ0n) is 46.2. The summed E-state index contributed by atoms with van der Waals surface area (Å²) in [6, 6.07) is -0.954. The van der Waals surface area contributed by atoms with Crippen LogP contribution in [0.2, 0.25) is 0 Å². The maximum Gasteiger partial charge on any atom is 2.00 e. The molecule has 0 amide bonds. The number of hydrogen-bond acceptors (Lipinski definition) is 11. The molecule has 81 heavy (non-hydrogen) atoms. The molecule has 0 aliphatic heterocycles. The standard InChI is InChI=1S/4C8H16N2.2C2H2O4.3CH4.3CH3.2Ag.2ClH.HNO3.NO3.3Na.4H2O.4Pt/c4*1-5-3-7(9)8(10)4-6(5)2;2*3-1(4)2(5)6;;;;;;;;;;;2*2-1(3)4;;;;;;;;;;;/h4*5-10H,3-4H2,1-2H3;2*(H,3,4)(H,5,6);3*1H4;3*1H3;;;2*1H;(H,2,3,4);;;;;4*1H2;;;;/q4*-2;;;;;;3*-1;;+1;;;;-1;3*+1;;;;;+1;3*+2/p-4. The third-order valence-electron chi connectivity index (χ3n) is 11.2. The zero-order chi connectivity index (χ0) is 52.4. The Kier molecular flexibility index (Phi) is 182. The van der Waals surface area contributed by atoms with Crippen molar-refractivity contribution in [3.05, 3.63) is 93.6 Å². The van der Waals surface area contributed by atoms with Gasteiger partial charge < -0.3 is 141 Å². The maximum absolute atomic E-state index is 9.10. The minimum absolute atomic E-state index is 0. The van der Waals surface area contributed by atoms with Crippen LogP contribution < -0.4 is 98.9 Å². The molecule has 0 aromatic heterocycles. The Morgan fingerprint density at radius 1 is 0.432 bits per heavy atom. The molecule has 506 valence electrons. The van der Waals surface area contributed by atoms with Crippen LogP contribution in [0.1, 0.15) is 129 Å². The predicted molar refractivity (Wildman–Crippen MR) is 285 cm³/mol. The number of carbonyl (C=O) groups excluding carboxylic acids is 2. The first-order chi connectivity index (χ1) is 29.2. The van der Waals surface area contributed by atoms with Crippen LogP contribution in [0.15, 0.2) is 0 Å². The Bertz CT molecular complexity index is 1050. The van der Waals surface area contributed by atoms with Crippen LogP contribution in [0.4, 0.5) is 0 Å². The van der Waals surface area contributed by atoms with Crippen molar-refractivity contribution in [2.75, 3.05) is 0 Å². The molecule has 0 aromatic rings. The Morgan fingerprint density at radius 3 is 0.531 bits per heavy atom. The summed E-state index contributed by atoms with van der Waals surface area (Å²) in [6.07, 6.45) is 7.41. The molecule has 4 saturated carbocycles. The maximum atomic E-state index is 9.10. The van der Waals surface area contributed by atoms with Gasteiger partial charge in [0.2, 0.25) is 0 Å². The minimum Gasteiger partial charge on any atom is 1.00 e. The summed E-state index contributed by atoms with van der Waals surface area (Å²) in [5.41, 5.74) is 60.1. The predicted octanol–water partition coefficient (Wildman–Crippen LogP) is -1.03. The number of halogens is 2. The van der Waals surface area contributed by atoms with Gasteiger partial charge in [-0.25, -0.2) is 9.59 Å². The van der Waals surface area contributed by atoms with E-state index in [1.54, 1.807) is 18.8 Å². The van der Waals surface area contributed by atoms with Gasteiger partial charge in [0.25, 0.3) is 5.09 Å². The van der Waals surface area contributed by atoms with Crippen molar-refractivity contribution in [3.63, 3.8) is 0 Å². The van der Waals surface area contributed by atoms with Crippen LogP contribution in [0.25, 0.3) is 45.9 Å². The Balaban J connectivity index is -0.0000000221. The summed E-state index contributed by atoms with van der Waals surface area (Å²) in [5, 5.41) is 61.0. The van der Waals surface area contributed by atoms with E-state index in [0.29, 0.717) is 47.3 Å². The Hall–Kier alpha value is 3.61. The van der Waals surface area contributed by atoms with Crippen molar-refractivity contribution in [2.45, 2.75) is 177 Å². The fourth-order valence-electron chi connectivity index (χ4n) is 6.38. The molecule has 4 aliphatic carbocycles. The third-order valence-corrected chi connectivity index (χ3v) is 11.2. The van der Waals surface area contributed by atoms with E-state index in [0.717, 1.165) is 51.4 Å². The molecule has 19 N–H and O–H groups in total. The molecule has 0 heterocycles. The Labute approximate surface area is 641 Å². The molecule has 39 heteroatoms. The molecular formula is C42H96Ag2Cl2N10Na3O18Pt4-5. The normalized spacial score (nSPS) is 26.1. The van der Waals surface area contributed by atoms with E-state index < -0.39 is 34.1 Å². The van der Waals surface area contributed by atoms with Crippen molar-refractivity contribution < 1.29 is 290 Å². The molecule has 0 bridgehead atoms. The number of carboxylic acids is 4. The third kappa shape index (κ3) is 97.4. The molecule has 4 fully saturated rings. The number of aliphatic carboxylic acids is 4. The molecular weight excluding hydrogens is 2070 g/mol. The van der Waals surface area contributed by atoms with Gasteiger partial charge in [0.05, 0.1) is 17.0 Å². The minimum atomic E-state index is -2.19. The van der Waals surface area contributed by atoms with E-state index in [1.165, 1.54) is 0 Å². The van der Waals surface area contributed by atoms with Crippen LogP contribution in [0.5, 0.6) is 0 Å². The first-order valence-electron chi connectivity index (χ1n) is 19.6. The average Bonchev–Trinajstić information content (AvgIpc) is 3.17. The summed E-state index contributed by atoms with van der Waals surface area (Å²) < 4.78 is 0. The molecule has 16 unspecified atom stereocenters. The zero-order valence-corrected chi connectivity index (χ0v) is 65.8. The number of carboxylic acid groups (broad SMARTS) is 4. The van der Waals surface area contributed by atoms with E-state index in [9.17, 15) is 0 Å². The second-order valence-corrected chi connectivity index (χ2v) is 16.2. The van der Waals surface area contributed by atoms with Crippen LogP contribution >= 0.6 is 18.6 Å². The van der Waals surface area contributed by atoms with Crippen molar-refractivity contribution in [3.8, 4) is 0 Å². The van der Waals surface area contributed by atoms with E-state index in [-0.39, 0.29) is 289 Å². The molecule has 1 radical (unpaired) electrons. The summed E-state index contributed by atoms with van der Waals surface area (Å²) in [4.78, 5) is 52.7. The van der Waals surface area contributed by atoms with Gasteiger partial charge >= 0.3 is 221 Å². The van der Waals surface area contributed by atoms with Crippen molar-refractivity contribution in [2.24, 2.45) is 47.3 Å². The first-order valence-corrected chi connectivity index (χ1v) is 24.4. The van der Waals surface area contributed by atoms with E-state index in [2.05, 4.69) is 94.0 Å². The topological polar surface area (TPSA) is 601 Å². The molecule has 4 rings (SSSR count). The quantitative estimate of drug-likeness (QED) is 0.0859. The molecule has 0 saturated heterocycles. The van der Waals surface area contributed by atoms with Gasteiger partial charge in [-0.05, 0) is 47.3 Å². The van der Waals surface area contributed by atoms with Crippen molar-refractivity contribution >= 4 is 42.5 Å². The Morgan fingerprint density at radius 2 is 0.494 bits per heavy atom. The fraction of sp³-hybridized carbons (Fsp3) is 0.833. The number of nitrogens with zero attached hydrogens (tertiary/aromatic N) is 2. The van der Waals surface area contributed by atoms with E-state index in [1.807, 2.05) is 0 Å². The molecule has 16 atom stereocenters. The van der Waals surface area contributed by atoms with Crippen LogP contribution in [0, 0.1) is 95.1 Å². The molecule has 0 spiro atoms. The SMILES string of the molecule is C.C.C.CC1CC([NH-])C([NH-])CC1C.CC1CC([NH-])C([NH-])CC1C.CC1CC([NH-])C([NH-])CC1C.CC1CC([NH-])C([NH-])CC1C.O.O.O.O.O=C(O)C(=O)O.O=C([O-])C(=O)[O-].O=[N+]([O-])O.O=[N+]([O-])[O-].[Ag].[CH3-].[CH3-].[CH3-].[Cl][Ag].[Cl][Pt].[Na+].[Na+].[Na+].[Pt+2].[Pt+2].[Pt+2].